The Morgan fingerprint density at radius 3 is 2.58 bits per heavy atom. The first-order valence-corrected chi connectivity index (χ1v) is 7.33. The van der Waals surface area contributed by atoms with E-state index in [0.717, 1.165) is 30.4 Å². The largest absolute Gasteiger partial charge is 0.425 e. The maximum absolute atomic E-state index is 5.62. The van der Waals surface area contributed by atoms with Crippen LogP contribution in [0.1, 0.15) is 30.7 Å². The Balaban J connectivity index is 1.85. The molecule has 0 amide bonds. The van der Waals surface area contributed by atoms with E-state index in [1.165, 1.54) is 5.56 Å². The quantitative estimate of drug-likeness (QED) is 0.796. The van der Waals surface area contributed by atoms with E-state index >= 15 is 0 Å². The molecule has 0 aliphatic heterocycles. The fourth-order valence-electron chi connectivity index (χ4n) is 1.73. The molecule has 0 saturated heterocycles. The van der Waals surface area contributed by atoms with Gasteiger partial charge in [-0.3, -0.25) is 0 Å². The standard InChI is InChI=1S/C14H18BrN3O/c1-2-8-16-9-7-13-17-18-14(19-13)10-11-3-5-12(15)6-4-11/h3-6,16H,2,7-10H2,1H3. The Morgan fingerprint density at radius 2 is 1.84 bits per heavy atom. The third kappa shape index (κ3) is 4.76. The summed E-state index contributed by atoms with van der Waals surface area (Å²) in [7, 11) is 0. The fourth-order valence-corrected chi connectivity index (χ4v) is 2.00. The van der Waals surface area contributed by atoms with Gasteiger partial charge in [-0.05, 0) is 30.7 Å². The van der Waals surface area contributed by atoms with Gasteiger partial charge >= 0.3 is 0 Å². The number of halogens is 1. The SMILES string of the molecule is CCCNCCc1nnc(Cc2ccc(Br)cc2)o1. The first-order chi connectivity index (χ1) is 9.28. The van der Waals surface area contributed by atoms with Gasteiger partial charge in [0.05, 0.1) is 6.42 Å². The summed E-state index contributed by atoms with van der Waals surface area (Å²) < 4.78 is 6.70. The van der Waals surface area contributed by atoms with E-state index in [1.54, 1.807) is 0 Å². The Morgan fingerprint density at radius 1 is 1.11 bits per heavy atom. The molecule has 1 heterocycles. The van der Waals surface area contributed by atoms with E-state index in [9.17, 15) is 0 Å². The van der Waals surface area contributed by atoms with Crippen LogP contribution in [0.2, 0.25) is 0 Å². The maximum Gasteiger partial charge on any atom is 0.220 e. The zero-order valence-corrected chi connectivity index (χ0v) is 12.6. The van der Waals surface area contributed by atoms with E-state index in [0.29, 0.717) is 18.2 Å². The molecule has 1 aromatic heterocycles. The van der Waals surface area contributed by atoms with Crippen molar-refractivity contribution in [1.29, 1.82) is 0 Å². The minimum atomic E-state index is 0.674. The van der Waals surface area contributed by atoms with Gasteiger partial charge in [-0.25, -0.2) is 0 Å². The van der Waals surface area contributed by atoms with Crippen molar-refractivity contribution in [2.45, 2.75) is 26.2 Å². The van der Waals surface area contributed by atoms with Crippen LogP contribution in [0.3, 0.4) is 0 Å². The lowest BCUT2D eigenvalue weighted by Crippen LogP contribution is -2.17. The molecule has 0 fully saturated rings. The van der Waals surface area contributed by atoms with Crippen LogP contribution in [0.25, 0.3) is 0 Å². The molecule has 4 nitrogen and oxygen atoms in total. The van der Waals surface area contributed by atoms with Crippen molar-refractivity contribution < 1.29 is 4.42 Å². The Labute approximate surface area is 121 Å². The van der Waals surface area contributed by atoms with Gasteiger partial charge in [-0.2, -0.15) is 0 Å². The molecule has 0 aliphatic rings. The summed E-state index contributed by atoms with van der Waals surface area (Å²) in [5.74, 6) is 1.38. The molecule has 2 rings (SSSR count). The highest BCUT2D eigenvalue weighted by Crippen LogP contribution is 2.13. The van der Waals surface area contributed by atoms with Gasteiger partial charge in [0.2, 0.25) is 11.8 Å². The Hall–Kier alpha value is -1.20. The Kier molecular flexibility index (Phi) is 5.54. The van der Waals surface area contributed by atoms with E-state index in [2.05, 4.69) is 50.5 Å². The lowest BCUT2D eigenvalue weighted by molar-refractivity contribution is 0.451. The minimum Gasteiger partial charge on any atom is -0.425 e. The van der Waals surface area contributed by atoms with Gasteiger partial charge in [0.1, 0.15) is 0 Å². The van der Waals surface area contributed by atoms with Crippen molar-refractivity contribution in [3.8, 4) is 0 Å². The number of hydrogen-bond acceptors (Lipinski definition) is 4. The first-order valence-electron chi connectivity index (χ1n) is 6.54. The second-order valence-corrected chi connectivity index (χ2v) is 5.31. The predicted molar refractivity (Wildman–Crippen MR) is 78.1 cm³/mol. The highest BCUT2D eigenvalue weighted by atomic mass is 79.9. The van der Waals surface area contributed by atoms with Crippen LogP contribution in [0.4, 0.5) is 0 Å². The molecule has 0 radical (unpaired) electrons. The highest BCUT2D eigenvalue weighted by Gasteiger charge is 2.06. The van der Waals surface area contributed by atoms with E-state index in [4.69, 9.17) is 4.42 Å². The molecular weight excluding hydrogens is 306 g/mol. The molecule has 102 valence electrons. The molecule has 0 unspecified atom stereocenters. The number of rotatable bonds is 7. The first kappa shape index (κ1) is 14.2. The molecule has 5 heteroatoms. The summed E-state index contributed by atoms with van der Waals surface area (Å²) in [5.41, 5.74) is 1.17. The van der Waals surface area contributed by atoms with Crippen LogP contribution in [-0.4, -0.2) is 23.3 Å². The normalized spacial score (nSPS) is 10.8. The van der Waals surface area contributed by atoms with Gasteiger partial charge < -0.3 is 9.73 Å². The molecule has 2 aromatic rings. The number of aromatic nitrogens is 2. The van der Waals surface area contributed by atoms with Crippen LogP contribution >= 0.6 is 15.9 Å². The van der Waals surface area contributed by atoms with Crippen LogP contribution in [0.15, 0.2) is 33.2 Å². The minimum absolute atomic E-state index is 0.674. The molecule has 0 bridgehead atoms. The lowest BCUT2D eigenvalue weighted by atomic mass is 10.1. The summed E-state index contributed by atoms with van der Waals surface area (Å²) in [4.78, 5) is 0. The van der Waals surface area contributed by atoms with E-state index in [-0.39, 0.29) is 0 Å². The molecule has 1 aromatic carbocycles. The summed E-state index contributed by atoms with van der Waals surface area (Å²) in [6, 6.07) is 8.14. The van der Waals surface area contributed by atoms with Crippen molar-refractivity contribution in [3.05, 3.63) is 46.1 Å². The van der Waals surface area contributed by atoms with Gasteiger partial charge in [0.25, 0.3) is 0 Å². The third-order valence-corrected chi connectivity index (χ3v) is 3.25. The molecule has 0 spiro atoms. The average molecular weight is 324 g/mol. The topological polar surface area (TPSA) is 51.0 Å². The summed E-state index contributed by atoms with van der Waals surface area (Å²) in [6.45, 7) is 4.06. The van der Waals surface area contributed by atoms with Crippen molar-refractivity contribution in [2.75, 3.05) is 13.1 Å². The smallest absolute Gasteiger partial charge is 0.220 e. The molecule has 19 heavy (non-hydrogen) atoms. The fraction of sp³-hybridized carbons (Fsp3) is 0.429. The predicted octanol–water partition coefficient (Wildman–Crippen LogP) is 2.97. The second kappa shape index (κ2) is 7.40. The molecule has 0 atom stereocenters. The lowest BCUT2D eigenvalue weighted by Gasteiger charge is -1.99. The number of nitrogens with zero attached hydrogens (tertiary/aromatic N) is 2. The zero-order chi connectivity index (χ0) is 13.5. The number of nitrogens with one attached hydrogen (secondary N) is 1. The van der Waals surface area contributed by atoms with Gasteiger partial charge in [0, 0.05) is 17.4 Å². The van der Waals surface area contributed by atoms with Gasteiger partial charge in [-0.15, -0.1) is 10.2 Å². The third-order valence-electron chi connectivity index (χ3n) is 2.72. The van der Waals surface area contributed by atoms with Crippen molar-refractivity contribution >= 4 is 15.9 Å². The van der Waals surface area contributed by atoms with E-state index in [1.807, 2.05) is 12.1 Å². The van der Waals surface area contributed by atoms with Crippen molar-refractivity contribution in [3.63, 3.8) is 0 Å². The Bertz CT molecular complexity index is 496. The molecule has 0 saturated carbocycles. The summed E-state index contributed by atoms with van der Waals surface area (Å²) >= 11 is 3.42. The maximum atomic E-state index is 5.62. The average Bonchev–Trinajstić information content (AvgIpc) is 2.85. The van der Waals surface area contributed by atoms with Crippen LogP contribution in [-0.2, 0) is 12.8 Å². The van der Waals surface area contributed by atoms with Crippen LogP contribution < -0.4 is 5.32 Å². The van der Waals surface area contributed by atoms with Gasteiger partial charge in [0.15, 0.2) is 0 Å². The number of hydrogen-bond donors (Lipinski definition) is 1. The molecule has 1 N–H and O–H groups in total. The van der Waals surface area contributed by atoms with E-state index < -0.39 is 0 Å². The molecular formula is C14H18BrN3O. The van der Waals surface area contributed by atoms with Crippen molar-refractivity contribution in [1.82, 2.24) is 15.5 Å². The van der Waals surface area contributed by atoms with Crippen LogP contribution in [0, 0.1) is 0 Å². The second-order valence-electron chi connectivity index (χ2n) is 4.39. The summed E-state index contributed by atoms with van der Waals surface area (Å²) in [5, 5.41) is 11.5. The molecule has 0 aliphatic carbocycles. The summed E-state index contributed by atoms with van der Waals surface area (Å²) in [6.07, 6.45) is 2.61. The monoisotopic (exact) mass is 323 g/mol. The highest BCUT2D eigenvalue weighted by molar-refractivity contribution is 9.10. The van der Waals surface area contributed by atoms with Crippen molar-refractivity contribution in [2.24, 2.45) is 0 Å². The van der Waals surface area contributed by atoms with Gasteiger partial charge in [-0.1, -0.05) is 35.0 Å². The van der Waals surface area contributed by atoms with Crippen LogP contribution in [0.5, 0.6) is 0 Å². The zero-order valence-electron chi connectivity index (χ0n) is 11.0. The number of benzene rings is 1.